The number of benzene rings is 2. The summed E-state index contributed by atoms with van der Waals surface area (Å²) in [4.78, 5) is 31.1. The molecular weight excluding hydrogens is 706 g/mol. The quantitative estimate of drug-likeness (QED) is 0.138. The number of sulfone groups is 1. The van der Waals surface area contributed by atoms with Gasteiger partial charge >= 0.3 is 5.97 Å². The minimum atomic E-state index is -3.87. The number of ether oxygens (including phenoxy) is 1. The molecule has 262 valence electrons. The van der Waals surface area contributed by atoms with Gasteiger partial charge in [-0.05, 0) is 76.5 Å². The number of nitrogens with one attached hydrogen (secondary N) is 2. The van der Waals surface area contributed by atoms with E-state index < -0.39 is 62.5 Å². The Morgan fingerprint density at radius 2 is 1.62 bits per heavy atom. The van der Waals surface area contributed by atoms with Crippen molar-refractivity contribution in [2.24, 2.45) is 5.73 Å². The Kier molecular flexibility index (Phi) is 15.6. The third-order valence-electron chi connectivity index (χ3n) is 7.90. The molecule has 1 aromatic heterocycles. The second kappa shape index (κ2) is 19.1. The van der Waals surface area contributed by atoms with E-state index in [4.69, 9.17) is 10.5 Å². The van der Waals surface area contributed by atoms with Crippen molar-refractivity contribution in [3.63, 3.8) is 0 Å². The topological polar surface area (TPSA) is 140 Å². The standard InChI is InChI=1S/C35H45BrF2N4O5S/c1-4-8-30(9-5-2)48(45,46)22-32(42-34(43)26-16-27(36)20-41-19-26)35(44)47-33(21-40-18-24-11-7-10-23(6-3)12-24)31(39)15-25-13-28(37)17-29(38)14-25/h7,10-14,16-17,19-20,30-33,40H,4-6,8-9,15,18,21-22,39H2,1-3H3,(H,42,43)/t31-,32+,33+/m0/s1. The van der Waals surface area contributed by atoms with Gasteiger partial charge < -0.3 is 21.1 Å². The molecule has 48 heavy (non-hydrogen) atoms. The minimum Gasteiger partial charge on any atom is -0.458 e. The first-order valence-corrected chi connectivity index (χ1v) is 18.7. The lowest BCUT2D eigenvalue weighted by molar-refractivity contribution is -0.151. The highest BCUT2D eigenvalue weighted by Crippen LogP contribution is 2.19. The minimum absolute atomic E-state index is 0.0400. The summed E-state index contributed by atoms with van der Waals surface area (Å²) in [5.41, 5.74) is 9.00. The molecule has 0 saturated heterocycles. The summed E-state index contributed by atoms with van der Waals surface area (Å²) >= 11 is 3.26. The number of hydrogen-bond donors (Lipinski definition) is 3. The van der Waals surface area contributed by atoms with Gasteiger partial charge in [-0.25, -0.2) is 22.0 Å². The third-order valence-corrected chi connectivity index (χ3v) is 10.6. The molecule has 0 radical (unpaired) electrons. The highest BCUT2D eigenvalue weighted by molar-refractivity contribution is 9.10. The molecule has 3 aromatic rings. The maximum atomic E-state index is 14.0. The molecule has 13 heteroatoms. The fraction of sp³-hybridized carbons (Fsp3) is 0.457. The Hall–Kier alpha value is -3.26. The van der Waals surface area contributed by atoms with Crippen LogP contribution in [-0.4, -0.2) is 61.0 Å². The van der Waals surface area contributed by atoms with Crippen molar-refractivity contribution >= 4 is 37.6 Å². The molecule has 0 saturated carbocycles. The van der Waals surface area contributed by atoms with E-state index in [1.165, 1.54) is 18.5 Å². The number of aryl methyl sites for hydroxylation is 1. The largest absolute Gasteiger partial charge is 0.458 e. The number of esters is 1. The van der Waals surface area contributed by atoms with Crippen LogP contribution in [0.2, 0.25) is 0 Å². The Labute approximate surface area is 290 Å². The predicted octanol–water partition coefficient (Wildman–Crippen LogP) is 5.44. The normalized spacial score (nSPS) is 13.6. The Morgan fingerprint density at radius 1 is 0.958 bits per heavy atom. The van der Waals surface area contributed by atoms with E-state index >= 15 is 0 Å². The zero-order valence-electron chi connectivity index (χ0n) is 27.6. The van der Waals surface area contributed by atoms with E-state index in [1.807, 2.05) is 45.0 Å². The predicted molar refractivity (Wildman–Crippen MR) is 186 cm³/mol. The zero-order valence-corrected chi connectivity index (χ0v) is 30.0. The van der Waals surface area contributed by atoms with Gasteiger partial charge in [-0.2, -0.15) is 0 Å². The number of aromatic nitrogens is 1. The third kappa shape index (κ3) is 12.3. The van der Waals surface area contributed by atoms with Crippen LogP contribution in [0.3, 0.4) is 0 Å². The van der Waals surface area contributed by atoms with E-state index in [9.17, 15) is 26.8 Å². The van der Waals surface area contributed by atoms with Gasteiger partial charge in [-0.3, -0.25) is 9.78 Å². The van der Waals surface area contributed by atoms with E-state index in [2.05, 4.69) is 31.5 Å². The lowest BCUT2D eigenvalue weighted by atomic mass is 10.0. The van der Waals surface area contributed by atoms with E-state index in [-0.39, 0.29) is 24.1 Å². The van der Waals surface area contributed by atoms with Crippen molar-refractivity contribution in [1.82, 2.24) is 15.6 Å². The van der Waals surface area contributed by atoms with Crippen molar-refractivity contribution in [3.05, 3.63) is 99.3 Å². The van der Waals surface area contributed by atoms with Crippen LogP contribution >= 0.6 is 15.9 Å². The lowest BCUT2D eigenvalue weighted by Crippen LogP contribution is -2.52. The molecule has 0 aliphatic heterocycles. The second-order valence-electron chi connectivity index (χ2n) is 11.9. The van der Waals surface area contributed by atoms with Gasteiger partial charge in [0.2, 0.25) is 0 Å². The summed E-state index contributed by atoms with van der Waals surface area (Å²) in [6.45, 7) is 6.26. The summed E-state index contributed by atoms with van der Waals surface area (Å²) < 4.78 is 61.6. The number of amides is 1. The SMILES string of the molecule is CCCC(CCC)S(=O)(=O)C[C@@H](NC(=O)c1cncc(Br)c1)C(=O)O[C@H](CNCc1cccc(CC)c1)[C@@H](N)Cc1cc(F)cc(F)c1. The molecule has 1 amide bonds. The molecule has 1 heterocycles. The first kappa shape index (κ1) is 39.2. The lowest BCUT2D eigenvalue weighted by Gasteiger charge is -2.28. The van der Waals surface area contributed by atoms with Gasteiger partial charge in [0.25, 0.3) is 5.91 Å². The van der Waals surface area contributed by atoms with Crippen LogP contribution < -0.4 is 16.4 Å². The van der Waals surface area contributed by atoms with Crippen LogP contribution in [0.5, 0.6) is 0 Å². The number of pyridine rings is 1. The maximum Gasteiger partial charge on any atom is 0.330 e. The van der Waals surface area contributed by atoms with Crippen LogP contribution in [0.4, 0.5) is 8.78 Å². The number of nitrogens with two attached hydrogens (primary N) is 1. The summed E-state index contributed by atoms with van der Waals surface area (Å²) in [5, 5.41) is 5.08. The molecular formula is C35H45BrF2N4O5S. The van der Waals surface area contributed by atoms with Crippen molar-refractivity contribution < 1.29 is 31.5 Å². The van der Waals surface area contributed by atoms with Crippen LogP contribution in [0.15, 0.2) is 65.4 Å². The zero-order chi connectivity index (χ0) is 35.3. The molecule has 4 N–H and O–H groups in total. The highest BCUT2D eigenvalue weighted by atomic mass is 79.9. The molecule has 0 bridgehead atoms. The number of rotatable bonds is 19. The smallest absolute Gasteiger partial charge is 0.330 e. The molecule has 9 nitrogen and oxygen atoms in total. The van der Waals surface area contributed by atoms with E-state index in [0.717, 1.165) is 35.7 Å². The van der Waals surface area contributed by atoms with Crippen molar-refractivity contribution in [2.75, 3.05) is 12.3 Å². The van der Waals surface area contributed by atoms with Gasteiger partial charge in [-0.1, -0.05) is 57.9 Å². The van der Waals surface area contributed by atoms with Gasteiger partial charge in [-0.15, -0.1) is 0 Å². The van der Waals surface area contributed by atoms with Crippen molar-refractivity contribution in [3.8, 4) is 0 Å². The van der Waals surface area contributed by atoms with E-state index in [1.54, 1.807) is 0 Å². The Morgan fingerprint density at radius 3 is 2.25 bits per heavy atom. The highest BCUT2D eigenvalue weighted by Gasteiger charge is 2.35. The summed E-state index contributed by atoms with van der Waals surface area (Å²) in [7, 11) is -3.87. The molecule has 0 aliphatic rings. The van der Waals surface area contributed by atoms with Crippen molar-refractivity contribution in [1.29, 1.82) is 0 Å². The number of hydrogen-bond acceptors (Lipinski definition) is 8. The molecule has 3 atom stereocenters. The van der Waals surface area contributed by atoms with Gasteiger partial charge in [0.15, 0.2) is 9.84 Å². The number of carbonyl (C=O) groups is 2. The molecule has 0 aliphatic carbocycles. The molecule has 0 spiro atoms. The summed E-state index contributed by atoms with van der Waals surface area (Å²) in [6, 6.07) is 9.96. The summed E-state index contributed by atoms with van der Waals surface area (Å²) in [5.74, 6) is -3.94. The molecule has 0 fully saturated rings. The summed E-state index contributed by atoms with van der Waals surface area (Å²) in [6.07, 6.45) is 4.58. The first-order chi connectivity index (χ1) is 22.8. The van der Waals surface area contributed by atoms with Crippen molar-refractivity contribution in [2.45, 2.75) is 89.3 Å². The van der Waals surface area contributed by atoms with Crippen LogP contribution in [-0.2, 0) is 38.8 Å². The van der Waals surface area contributed by atoms with Gasteiger partial charge in [0.05, 0.1) is 16.6 Å². The molecule has 2 aromatic carbocycles. The van der Waals surface area contributed by atoms with E-state index in [0.29, 0.717) is 36.7 Å². The molecule has 0 unspecified atom stereocenters. The Balaban J connectivity index is 1.90. The van der Waals surface area contributed by atoms with Gasteiger partial charge in [0.1, 0.15) is 23.8 Å². The fourth-order valence-electron chi connectivity index (χ4n) is 5.42. The van der Waals surface area contributed by atoms with Crippen LogP contribution in [0.1, 0.15) is 73.5 Å². The molecule has 3 rings (SSSR count). The number of nitrogens with zero attached hydrogens (tertiary/aromatic N) is 1. The number of halogens is 3. The maximum absolute atomic E-state index is 14.0. The monoisotopic (exact) mass is 750 g/mol. The van der Waals surface area contributed by atoms with Crippen LogP contribution in [0.25, 0.3) is 0 Å². The first-order valence-electron chi connectivity index (χ1n) is 16.2. The van der Waals surface area contributed by atoms with Crippen LogP contribution in [0, 0.1) is 11.6 Å². The average molecular weight is 752 g/mol. The van der Waals surface area contributed by atoms with Gasteiger partial charge in [0, 0.05) is 42.1 Å². The average Bonchev–Trinajstić information content (AvgIpc) is 3.03. The Bertz CT molecular complexity index is 1600. The second-order valence-corrected chi connectivity index (χ2v) is 15.1. The number of carbonyl (C=O) groups excluding carboxylic acids is 2. The fourth-order valence-corrected chi connectivity index (χ4v) is 7.94.